The summed E-state index contributed by atoms with van der Waals surface area (Å²) in [6, 6.07) is 0. The van der Waals surface area contributed by atoms with Gasteiger partial charge in [0.2, 0.25) is 5.91 Å². The Morgan fingerprint density at radius 3 is 2.23 bits per heavy atom. The molecule has 1 amide bonds. The molecule has 0 aliphatic heterocycles. The zero-order valence-electron chi connectivity index (χ0n) is 9.50. The molecular formula is C10H23NO2. The molecule has 0 aliphatic carbocycles. The molecule has 1 atom stereocenters. The molecule has 0 saturated heterocycles. The van der Waals surface area contributed by atoms with E-state index >= 15 is 0 Å². The lowest BCUT2D eigenvalue weighted by molar-refractivity contribution is -0.127. The van der Waals surface area contributed by atoms with Gasteiger partial charge in [-0.2, -0.15) is 0 Å². The zero-order valence-corrected chi connectivity index (χ0v) is 9.50. The summed E-state index contributed by atoms with van der Waals surface area (Å²) in [5.74, 6) is 0.368. The summed E-state index contributed by atoms with van der Waals surface area (Å²) in [6.45, 7) is 8.44. The van der Waals surface area contributed by atoms with Gasteiger partial charge in [-0.05, 0) is 12.3 Å². The maximum Gasteiger partial charge on any atom is 0.219 e. The first kappa shape index (κ1) is 14.9. The van der Waals surface area contributed by atoms with Crippen LogP contribution in [0, 0.1) is 5.92 Å². The van der Waals surface area contributed by atoms with E-state index in [1.54, 1.807) is 18.9 Å². The van der Waals surface area contributed by atoms with Gasteiger partial charge in [0.1, 0.15) is 0 Å². The smallest absolute Gasteiger partial charge is 0.219 e. The second-order valence-corrected chi connectivity index (χ2v) is 3.02. The topological polar surface area (TPSA) is 40.5 Å². The van der Waals surface area contributed by atoms with Crippen LogP contribution in [0.5, 0.6) is 0 Å². The monoisotopic (exact) mass is 189 g/mol. The van der Waals surface area contributed by atoms with Gasteiger partial charge in [-0.15, -0.1) is 0 Å². The van der Waals surface area contributed by atoms with Crippen molar-refractivity contribution in [3.63, 3.8) is 0 Å². The highest BCUT2D eigenvalue weighted by Crippen LogP contribution is 2.00. The summed E-state index contributed by atoms with van der Waals surface area (Å²) in [4.78, 5) is 12.4. The molecule has 0 fully saturated rings. The van der Waals surface area contributed by atoms with Crippen molar-refractivity contribution in [1.82, 2.24) is 4.90 Å². The highest BCUT2D eigenvalue weighted by atomic mass is 16.3. The Labute approximate surface area is 81.7 Å². The summed E-state index contributed by atoms with van der Waals surface area (Å²) >= 11 is 0. The van der Waals surface area contributed by atoms with Crippen molar-refractivity contribution in [2.75, 3.05) is 20.2 Å². The molecule has 0 aromatic heterocycles. The van der Waals surface area contributed by atoms with Gasteiger partial charge in [0, 0.05) is 27.1 Å². The van der Waals surface area contributed by atoms with Crippen LogP contribution in [-0.2, 0) is 4.79 Å². The Balaban J connectivity index is 0. The average Bonchev–Trinajstić information content (AvgIpc) is 2.16. The number of rotatable bonds is 4. The molecule has 0 aromatic carbocycles. The molecule has 0 saturated carbocycles. The fraction of sp³-hybridized carbons (Fsp3) is 0.900. The molecule has 0 radical (unpaired) electrons. The van der Waals surface area contributed by atoms with Crippen molar-refractivity contribution in [3.8, 4) is 0 Å². The summed E-state index contributed by atoms with van der Waals surface area (Å²) in [7, 11) is 1.77. The molecule has 0 heterocycles. The Kier molecular flexibility index (Phi) is 10.9. The fourth-order valence-electron chi connectivity index (χ4n) is 0.663. The van der Waals surface area contributed by atoms with Crippen LogP contribution >= 0.6 is 0 Å². The number of aliphatic hydroxyl groups is 1. The van der Waals surface area contributed by atoms with Crippen molar-refractivity contribution in [2.45, 2.75) is 34.1 Å². The predicted molar refractivity (Wildman–Crippen MR) is 55.5 cm³/mol. The molecule has 3 nitrogen and oxygen atoms in total. The largest absolute Gasteiger partial charge is 0.396 e. The van der Waals surface area contributed by atoms with Crippen LogP contribution in [0.4, 0.5) is 0 Å². The van der Waals surface area contributed by atoms with Crippen LogP contribution in [-0.4, -0.2) is 36.1 Å². The van der Waals surface area contributed by atoms with Crippen LogP contribution in [0.2, 0.25) is 0 Å². The lowest BCUT2D eigenvalue weighted by atomic mass is 10.1. The number of nitrogens with zero attached hydrogens (tertiary/aromatic N) is 1. The quantitative estimate of drug-likeness (QED) is 0.728. The van der Waals surface area contributed by atoms with E-state index < -0.39 is 0 Å². The van der Waals surface area contributed by atoms with Crippen LogP contribution < -0.4 is 0 Å². The molecule has 0 bridgehead atoms. The highest BCUT2D eigenvalue weighted by Gasteiger charge is 2.04. The maximum atomic E-state index is 10.7. The Morgan fingerprint density at radius 1 is 1.46 bits per heavy atom. The van der Waals surface area contributed by atoms with Gasteiger partial charge in [0.15, 0.2) is 0 Å². The van der Waals surface area contributed by atoms with Crippen molar-refractivity contribution >= 4 is 5.91 Å². The van der Waals surface area contributed by atoms with Gasteiger partial charge >= 0.3 is 0 Å². The fourth-order valence-corrected chi connectivity index (χ4v) is 0.663. The standard InChI is InChI=1S/C8H17NO2.C2H6/c1-7(6-10)4-5-9(3)8(2)11;1-2/h7,10H,4-6H2,1-3H3;1-2H3. The zero-order chi connectivity index (χ0) is 10.9. The maximum absolute atomic E-state index is 10.7. The number of carbonyl (C=O) groups is 1. The number of hydrogen-bond donors (Lipinski definition) is 1. The molecule has 3 heteroatoms. The van der Waals surface area contributed by atoms with Crippen LogP contribution in [0.1, 0.15) is 34.1 Å². The van der Waals surface area contributed by atoms with Crippen LogP contribution in [0.15, 0.2) is 0 Å². The molecule has 0 rings (SSSR count). The first-order valence-electron chi connectivity index (χ1n) is 4.90. The van der Waals surface area contributed by atoms with E-state index in [4.69, 9.17) is 5.11 Å². The molecular weight excluding hydrogens is 166 g/mol. The Hall–Kier alpha value is -0.570. The molecule has 0 spiro atoms. The van der Waals surface area contributed by atoms with Crippen molar-refractivity contribution < 1.29 is 9.90 Å². The molecule has 0 aliphatic rings. The minimum absolute atomic E-state index is 0.0788. The number of aliphatic hydroxyl groups excluding tert-OH is 1. The summed E-state index contributed by atoms with van der Waals surface area (Å²) in [5.41, 5.74) is 0. The highest BCUT2D eigenvalue weighted by molar-refractivity contribution is 5.72. The van der Waals surface area contributed by atoms with Gasteiger partial charge in [0.05, 0.1) is 0 Å². The first-order chi connectivity index (χ1) is 6.07. The van der Waals surface area contributed by atoms with Gasteiger partial charge in [-0.25, -0.2) is 0 Å². The third kappa shape index (κ3) is 9.34. The Morgan fingerprint density at radius 2 is 1.92 bits per heavy atom. The third-order valence-corrected chi connectivity index (χ3v) is 1.81. The summed E-state index contributed by atoms with van der Waals surface area (Å²) in [5, 5.41) is 8.68. The predicted octanol–water partition coefficient (Wildman–Crippen LogP) is 1.51. The lowest BCUT2D eigenvalue weighted by Crippen LogP contribution is -2.26. The van der Waals surface area contributed by atoms with Crippen molar-refractivity contribution in [2.24, 2.45) is 5.92 Å². The minimum Gasteiger partial charge on any atom is -0.396 e. The van der Waals surface area contributed by atoms with Crippen molar-refractivity contribution in [1.29, 1.82) is 0 Å². The second-order valence-electron chi connectivity index (χ2n) is 3.02. The minimum atomic E-state index is 0.0788. The van der Waals surface area contributed by atoms with E-state index in [0.29, 0.717) is 0 Å². The molecule has 80 valence electrons. The number of hydrogen-bond acceptors (Lipinski definition) is 2. The van der Waals surface area contributed by atoms with E-state index in [-0.39, 0.29) is 18.4 Å². The van der Waals surface area contributed by atoms with Gasteiger partial charge in [0.25, 0.3) is 0 Å². The van der Waals surface area contributed by atoms with Crippen LogP contribution in [0.3, 0.4) is 0 Å². The van der Waals surface area contributed by atoms with E-state index in [1.165, 1.54) is 0 Å². The van der Waals surface area contributed by atoms with Crippen LogP contribution in [0.25, 0.3) is 0 Å². The first-order valence-corrected chi connectivity index (χ1v) is 4.90. The van der Waals surface area contributed by atoms with E-state index in [2.05, 4.69) is 0 Å². The van der Waals surface area contributed by atoms with E-state index in [9.17, 15) is 4.79 Å². The molecule has 1 unspecified atom stereocenters. The van der Waals surface area contributed by atoms with E-state index in [1.807, 2.05) is 20.8 Å². The normalized spacial score (nSPS) is 11.2. The summed E-state index contributed by atoms with van der Waals surface area (Å²) < 4.78 is 0. The van der Waals surface area contributed by atoms with Gasteiger partial charge < -0.3 is 10.0 Å². The van der Waals surface area contributed by atoms with E-state index in [0.717, 1.165) is 13.0 Å². The molecule has 1 N–H and O–H groups in total. The van der Waals surface area contributed by atoms with Gasteiger partial charge in [-0.3, -0.25) is 4.79 Å². The average molecular weight is 189 g/mol. The Bertz CT molecular complexity index is 126. The molecule has 0 aromatic rings. The number of carbonyl (C=O) groups excluding carboxylic acids is 1. The second kappa shape index (κ2) is 9.52. The lowest BCUT2D eigenvalue weighted by Gasteiger charge is -2.16. The van der Waals surface area contributed by atoms with Gasteiger partial charge in [-0.1, -0.05) is 20.8 Å². The third-order valence-electron chi connectivity index (χ3n) is 1.81. The number of amides is 1. The molecule has 13 heavy (non-hydrogen) atoms. The summed E-state index contributed by atoms with van der Waals surface area (Å²) in [6.07, 6.45) is 0.868. The SMILES string of the molecule is CC.CC(=O)N(C)CCC(C)CO. The van der Waals surface area contributed by atoms with Crippen molar-refractivity contribution in [3.05, 3.63) is 0 Å².